The van der Waals surface area contributed by atoms with Crippen molar-refractivity contribution in [3.63, 3.8) is 0 Å². The molecule has 1 aliphatic carbocycles. The Morgan fingerprint density at radius 1 is 1.35 bits per heavy atom. The number of halogens is 1. The molecular formula is C11H13ClO4S. The van der Waals surface area contributed by atoms with Gasteiger partial charge in [0.25, 0.3) is 5.12 Å². The molecule has 94 valence electrons. The van der Waals surface area contributed by atoms with Crippen LogP contribution < -0.4 is 0 Å². The van der Waals surface area contributed by atoms with Crippen molar-refractivity contribution in [2.45, 2.75) is 30.4 Å². The predicted octanol–water partition coefficient (Wildman–Crippen LogP) is 1.75. The maximum atomic E-state index is 12.1. The Labute approximate surface area is 105 Å². The van der Waals surface area contributed by atoms with E-state index in [2.05, 4.69) is 13.2 Å². The number of carbonyl (C=O) groups excluding carboxylic acids is 2. The molecule has 1 atom stereocenters. The van der Waals surface area contributed by atoms with Gasteiger partial charge in [-0.1, -0.05) is 19.6 Å². The van der Waals surface area contributed by atoms with Crippen molar-refractivity contribution in [2.75, 3.05) is 0 Å². The van der Waals surface area contributed by atoms with E-state index in [1.54, 1.807) is 0 Å². The summed E-state index contributed by atoms with van der Waals surface area (Å²) in [5.74, 6) is 0. The normalized spacial score (nSPS) is 25.4. The summed E-state index contributed by atoms with van der Waals surface area (Å²) < 4.78 is 22.2. The molecule has 4 nitrogen and oxygen atoms in total. The van der Waals surface area contributed by atoms with Crippen molar-refractivity contribution in [3.05, 3.63) is 24.8 Å². The SMILES string of the molecule is C=CC(=O)S(=O)(=O)C1(C(=O)Cl)CCCCC1=C. The Bertz CT molecular complexity index is 492. The lowest BCUT2D eigenvalue weighted by Crippen LogP contribution is -2.50. The van der Waals surface area contributed by atoms with Gasteiger partial charge in [0, 0.05) is 0 Å². The Morgan fingerprint density at radius 3 is 2.35 bits per heavy atom. The fourth-order valence-corrected chi connectivity index (χ4v) is 4.24. The quantitative estimate of drug-likeness (QED) is 0.447. The van der Waals surface area contributed by atoms with Gasteiger partial charge in [-0.25, -0.2) is 8.42 Å². The van der Waals surface area contributed by atoms with E-state index in [-0.39, 0.29) is 12.0 Å². The van der Waals surface area contributed by atoms with Crippen LogP contribution in [0.1, 0.15) is 25.7 Å². The fraction of sp³-hybridized carbons (Fsp3) is 0.455. The lowest BCUT2D eigenvalue weighted by molar-refractivity contribution is -0.114. The van der Waals surface area contributed by atoms with Crippen molar-refractivity contribution >= 4 is 31.8 Å². The van der Waals surface area contributed by atoms with Crippen molar-refractivity contribution in [2.24, 2.45) is 0 Å². The van der Waals surface area contributed by atoms with Crippen LogP contribution in [-0.4, -0.2) is 23.5 Å². The fourth-order valence-electron chi connectivity index (χ4n) is 2.04. The van der Waals surface area contributed by atoms with Gasteiger partial charge in [0.1, 0.15) is 0 Å². The summed E-state index contributed by atoms with van der Waals surface area (Å²) in [6, 6.07) is 0. The summed E-state index contributed by atoms with van der Waals surface area (Å²) in [6.45, 7) is 6.73. The van der Waals surface area contributed by atoms with Gasteiger partial charge in [0.2, 0.25) is 15.1 Å². The lowest BCUT2D eigenvalue weighted by Gasteiger charge is -2.34. The third-order valence-electron chi connectivity index (χ3n) is 3.04. The topological polar surface area (TPSA) is 68.3 Å². The van der Waals surface area contributed by atoms with Gasteiger partial charge in [-0.2, -0.15) is 0 Å². The molecule has 1 fully saturated rings. The zero-order valence-electron chi connectivity index (χ0n) is 9.24. The van der Waals surface area contributed by atoms with Crippen LogP contribution in [0, 0.1) is 0 Å². The van der Waals surface area contributed by atoms with Crippen LogP contribution in [-0.2, 0) is 19.4 Å². The minimum Gasteiger partial charge on any atom is -0.279 e. The number of sulfone groups is 1. The van der Waals surface area contributed by atoms with E-state index in [1.807, 2.05) is 0 Å². The molecular weight excluding hydrogens is 264 g/mol. The molecule has 0 bridgehead atoms. The number of hydrogen-bond acceptors (Lipinski definition) is 4. The smallest absolute Gasteiger partial charge is 0.270 e. The van der Waals surface area contributed by atoms with Crippen LogP contribution in [0.3, 0.4) is 0 Å². The zero-order chi connectivity index (χ0) is 13.3. The zero-order valence-corrected chi connectivity index (χ0v) is 10.8. The number of carbonyl (C=O) groups is 2. The van der Waals surface area contributed by atoms with Crippen molar-refractivity contribution in [3.8, 4) is 0 Å². The largest absolute Gasteiger partial charge is 0.279 e. The first-order valence-electron chi connectivity index (χ1n) is 5.10. The van der Waals surface area contributed by atoms with E-state index in [4.69, 9.17) is 11.6 Å². The molecule has 0 saturated heterocycles. The van der Waals surface area contributed by atoms with Gasteiger partial charge in [-0.3, -0.25) is 9.59 Å². The summed E-state index contributed by atoms with van der Waals surface area (Å²) in [7, 11) is -4.36. The third-order valence-corrected chi connectivity index (χ3v) is 5.76. The van der Waals surface area contributed by atoms with E-state index in [0.717, 1.165) is 6.42 Å². The highest BCUT2D eigenvalue weighted by Crippen LogP contribution is 2.41. The van der Waals surface area contributed by atoms with Crippen LogP contribution >= 0.6 is 11.6 Å². The molecule has 0 spiro atoms. The maximum Gasteiger partial charge on any atom is 0.270 e. The Kier molecular flexibility index (Phi) is 3.94. The highest BCUT2D eigenvalue weighted by molar-refractivity contribution is 8.08. The molecule has 0 heterocycles. The van der Waals surface area contributed by atoms with Gasteiger partial charge >= 0.3 is 0 Å². The number of hydrogen-bond donors (Lipinski definition) is 0. The van der Waals surface area contributed by atoms with Crippen molar-refractivity contribution in [1.82, 2.24) is 0 Å². The molecule has 1 aliphatic rings. The highest BCUT2D eigenvalue weighted by atomic mass is 35.5. The van der Waals surface area contributed by atoms with E-state index in [1.165, 1.54) is 0 Å². The van der Waals surface area contributed by atoms with Crippen LogP contribution in [0.5, 0.6) is 0 Å². The van der Waals surface area contributed by atoms with E-state index in [9.17, 15) is 18.0 Å². The monoisotopic (exact) mass is 276 g/mol. The molecule has 1 saturated carbocycles. The molecule has 1 unspecified atom stereocenters. The summed E-state index contributed by atoms with van der Waals surface area (Å²) in [4.78, 5) is 23.0. The van der Waals surface area contributed by atoms with E-state index in [0.29, 0.717) is 18.9 Å². The van der Waals surface area contributed by atoms with Crippen LogP contribution in [0.25, 0.3) is 0 Å². The standard InChI is InChI=1S/C11H13ClO4S/c1-3-9(13)17(15,16)11(10(12)14)7-5-4-6-8(11)2/h3H,1-2,4-7H2. The Balaban J connectivity index is 3.45. The second-order valence-electron chi connectivity index (χ2n) is 3.94. The molecule has 0 amide bonds. The number of rotatable bonds is 3. The summed E-state index contributed by atoms with van der Waals surface area (Å²) in [5.41, 5.74) is 0.193. The van der Waals surface area contributed by atoms with Gasteiger partial charge in [0.05, 0.1) is 0 Å². The first-order valence-corrected chi connectivity index (χ1v) is 6.96. The maximum absolute atomic E-state index is 12.1. The van der Waals surface area contributed by atoms with Gasteiger partial charge in [-0.05, 0) is 42.5 Å². The molecule has 0 aliphatic heterocycles. The van der Waals surface area contributed by atoms with Gasteiger partial charge < -0.3 is 0 Å². The second-order valence-corrected chi connectivity index (χ2v) is 6.39. The van der Waals surface area contributed by atoms with Crippen molar-refractivity contribution < 1.29 is 18.0 Å². The first-order chi connectivity index (χ1) is 7.80. The molecule has 17 heavy (non-hydrogen) atoms. The molecule has 0 N–H and O–H groups in total. The van der Waals surface area contributed by atoms with E-state index < -0.39 is 24.9 Å². The molecule has 0 aromatic rings. The summed E-state index contributed by atoms with van der Waals surface area (Å²) in [5, 5.41) is -2.24. The molecule has 0 aromatic heterocycles. The lowest BCUT2D eigenvalue weighted by atomic mass is 9.85. The molecule has 6 heteroatoms. The molecule has 0 aromatic carbocycles. The van der Waals surface area contributed by atoms with Crippen molar-refractivity contribution in [1.29, 1.82) is 0 Å². The first kappa shape index (κ1) is 14.1. The van der Waals surface area contributed by atoms with Gasteiger partial charge in [0.15, 0.2) is 4.75 Å². The minimum absolute atomic E-state index is 0.0100. The molecule has 1 rings (SSSR count). The van der Waals surface area contributed by atoms with Crippen LogP contribution in [0.15, 0.2) is 24.8 Å². The summed E-state index contributed by atoms with van der Waals surface area (Å²) >= 11 is 5.43. The predicted molar refractivity (Wildman–Crippen MR) is 65.3 cm³/mol. The minimum atomic E-state index is -4.36. The van der Waals surface area contributed by atoms with Crippen LogP contribution in [0.4, 0.5) is 0 Å². The average Bonchev–Trinajstić information content (AvgIpc) is 2.27. The highest BCUT2D eigenvalue weighted by Gasteiger charge is 2.55. The summed E-state index contributed by atoms with van der Waals surface area (Å²) in [6.07, 6.45) is 2.32. The third kappa shape index (κ3) is 1.98. The molecule has 0 radical (unpaired) electrons. The Morgan fingerprint density at radius 2 is 1.94 bits per heavy atom. The van der Waals surface area contributed by atoms with Crippen LogP contribution in [0.2, 0.25) is 0 Å². The Hall–Kier alpha value is -0.940. The van der Waals surface area contributed by atoms with Gasteiger partial charge in [-0.15, -0.1) is 0 Å². The second kappa shape index (κ2) is 4.74. The van der Waals surface area contributed by atoms with E-state index >= 15 is 0 Å². The average molecular weight is 277 g/mol.